The van der Waals surface area contributed by atoms with Crippen LogP contribution in [0.2, 0.25) is 0 Å². The van der Waals surface area contributed by atoms with Crippen LogP contribution in [0.25, 0.3) is 0 Å². The molecule has 1 aliphatic rings. The molecule has 0 radical (unpaired) electrons. The average Bonchev–Trinajstić information content (AvgIpc) is 2.88. The molecule has 0 spiro atoms. The van der Waals surface area contributed by atoms with Gasteiger partial charge in [-0.3, -0.25) is 19.7 Å². The maximum absolute atomic E-state index is 12.3. The van der Waals surface area contributed by atoms with Crippen LogP contribution in [0.15, 0.2) is 24.3 Å². The van der Waals surface area contributed by atoms with Gasteiger partial charge in [0.25, 0.3) is 5.91 Å². The van der Waals surface area contributed by atoms with E-state index in [4.69, 9.17) is 5.73 Å². The van der Waals surface area contributed by atoms with E-state index in [1.807, 2.05) is 13.8 Å². The second-order valence-corrected chi connectivity index (χ2v) is 7.63. The van der Waals surface area contributed by atoms with Crippen molar-refractivity contribution in [1.82, 2.24) is 4.98 Å². The minimum Gasteiger partial charge on any atom is -0.366 e. The summed E-state index contributed by atoms with van der Waals surface area (Å²) in [5.74, 6) is -0.923. The molecule has 2 aromatic rings. The third-order valence-corrected chi connectivity index (χ3v) is 4.92. The summed E-state index contributed by atoms with van der Waals surface area (Å²) in [5.41, 5.74) is 6.42. The van der Waals surface area contributed by atoms with Crippen LogP contribution in [0.4, 0.5) is 5.13 Å². The van der Waals surface area contributed by atoms with Crippen LogP contribution in [0.1, 0.15) is 56.3 Å². The Morgan fingerprint density at radius 1 is 1.25 bits per heavy atom. The first kappa shape index (κ1) is 16.3. The lowest BCUT2D eigenvalue weighted by Crippen LogP contribution is -2.26. The Balaban J connectivity index is 1.83. The quantitative estimate of drug-likeness (QED) is 0.894. The number of Topliss-reactive ketones (excluding diaryl/α,β-unsaturated/α-hetero) is 1. The number of nitrogens with two attached hydrogens (primary N) is 1. The van der Waals surface area contributed by atoms with E-state index in [1.54, 1.807) is 18.2 Å². The SMILES string of the molecule is CC1(C)CC(=O)c2sc(NC(=O)c3cccc(C(N)=O)c3)nc2C1. The molecule has 0 saturated heterocycles. The largest absolute Gasteiger partial charge is 0.366 e. The molecule has 0 saturated carbocycles. The first-order valence-corrected chi connectivity index (χ1v) is 8.31. The van der Waals surface area contributed by atoms with Crippen molar-refractivity contribution in [2.24, 2.45) is 11.1 Å². The lowest BCUT2D eigenvalue weighted by molar-refractivity contribution is 0.0914. The van der Waals surface area contributed by atoms with Crippen LogP contribution in [0, 0.1) is 5.41 Å². The second kappa shape index (κ2) is 5.83. The number of nitrogens with zero attached hydrogens (tertiary/aromatic N) is 1. The molecule has 0 aliphatic heterocycles. The maximum Gasteiger partial charge on any atom is 0.257 e. The third kappa shape index (κ3) is 3.21. The average molecular weight is 343 g/mol. The number of rotatable bonds is 3. The number of fused-ring (bicyclic) bond motifs is 1. The second-order valence-electron chi connectivity index (χ2n) is 6.63. The maximum atomic E-state index is 12.3. The summed E-state index contributed by atoms with van der Waals surface area (Å²) >= 11 is 1.19. The molecule has 124 valence electrons. The van der Waals surface area contributed by atoms with Gasteiger partial charge in [0.15, 0.2) is 10.9 Å². The van der Waals surface area contributed by atoms with Crippen molar-refractivity contribution in [3.05, 3.63) is 46.0 Å². The molecule has 1 aliphatic carbocycles. The molecule has 1 aromatic heterocycles. The number of amides is 2. The van der Waals surface area contributed by atoms with Gasteiger partial charge in [0.05, 0.1) is 10.6 Å². The van der Waals surface area contributed by atoms with E-state index in [9.17, 15) is 14.4 Å². The first-order valence-electron chi connectivity index (χ1n) is 7.49. The number of aromatic nitrogens is 1. The standard InChI is InChI=1S/C17H17N3O3S/c1-17(2)7-11-13(12(21)8-17)24-16(19-11)20-15(23)10-5-3-4-9(6-10)14(18)22/h3-6H,7-8H2,1-2H3,(H2,18,22)(H,19,20,23). The predicted molar refractivity (Wildman–Crippen MR) is 91.5 cm³/mol. The number of hydrogen-bond acceptors (Lipinski definition) is 5. The zero-order valence-electron chi connectivity index (χ0n) is 13.4. The van der Waals surface area contributed by atoms with Gasteiger partial charge in [0, 0.05) is 17.5 Å². The Morgan fingerprint density at radius 2 is 1.96 bits per heavy atom. The summed E-state index contributed by atoms with van der Waals surface area (Å²) in [6.45, 7) is 4.06. The fourth-order valence-corrected chi connectivity index (χ4v) is 3.67. The Labute approximate surface area is 143 Å². The molecule has 1 aromatic carbocycles. The van der Waals surface area contributed by atoms with E-state index in [0.717, 1.165) is 5.69 Å². The van der Waals surface area contributed by atoms with Gasteiger partial charge in [0.2, 0.25) is 5.91 Å². The lowest BCUT2D eigenvalue weighted by Gasteiger charge is -2.26. The highest BCUT2D eigenvalue weighted by atomic mass is 32.1. The highest BCUT2D eigenvalue weighted by Crippen LogP contribution is 2.38. The van der Waals surface area contributed by atoms with Gasteiger partial charge in [0.1, 0.15) is 0 Å². The molecule has 6 nitrogen and oxygen atoms in total. The van der Waals surface area contributed by atoms with E-state index in [0.29, 0.717) is 28.4 Å². The summed E-state index contributed by atoms with van der Waals surface area (Å²) in [6.07, 6.45) is 1.19. The van der Waals surface area contributed by atoms with Crippen molar-refractivity contribution >= 4 is 34.1 Å². The van der Waals surface area contributed by atoms with Gasteiger partial charge in [-0.2, -0.15) is 0 Å². The van der Waals surface area contributed by atoms with Crippen molar-refractivity contribution in [3.63, 3.8) is 0 Å². The number of ketones is 1. The minimum atomic E-state index is -0.595. The molecule has 24 heavy (non-hydrogen) atoms. The van der Waals surface area contributed by atoms with E-state index in [2.05, 4.69) is 10.3 Å². The summed E-state index contributed by atoms with van der Waals surface area (Å²) in [6, 6.07) is 6.15. The first-order chi connectivity index (χ1) is 11.2. The van der Waals surface area contributed by atoms with Gasteiger partial charge in [-0.25, -0.2) is 4.98 Å². The van der Waals surface area contributed by atoms with Gasteiger partial charge in [-0.05, 0) is 30.0 Å². The minimum absolute atomic E-state index is 0.0648. The molecule has 7 heteroatoms. The van der Waals surface area contributed by atoms with E-state index in [-0.39, 0.29) is 16.8 Å². The predicted octanol–water partition coefficient (Wildman–Crippen LogP) is 2.65. The Kier molecular flexibility index (Phi) is 3.96. The highest BCUT2D eigenvalue weighted by Gasteiger charge is 2.34. The van der Waals surface area contributed by atoms with Gasteiger partial charge < -0.3 is 5.73 Å². The molecule has 3 N–H and O–H groups in total. The lowest BCUT2D eigenvalue weighted by atomic mass is 9.78. The summed E-state index contributed by atoms with van der Waals surface area (Å²) in [4.78, 5) is 40.7. The van der Waals surface area contributed by atoms with E-state index >= 15 is 0 Å². The monoisotopic (exact) mass is 343 g/mol. The van der Waals surface area contributed by atoms with Gasteiger partial charge in [-0.1, -0.05) is 31.3 Å². The van der Waals surface area contributed by atoms with Crippen molar-refractivity contribution in [2.75, 3.05) is 5.32 Å². The number of primary amides is 1. The van der Waals surface area contributed by atoms with Crippen LogP contribution < -0.4 is 11.1 Å². The molecular weight excluding hydrogens is 326 g/mol. The molecule has 0 atom stereocenters. The van der Waals surface area contributed by atoms with Crippen molar-refractivity contribution in [1.29, 1.82) is 0 Å². The fourth-order valence-electron chi connectivity index (χ4n) is 2.76. The molecule has 3 rings (SSSR count). The summed E-state index contributed by atoms with van der Waals surface area (Å²) < 4.78 is 0. The number of carbonyl (C=O) groups is 3. The molecule has 0 fully saturated rings. The van der Waals surface area contributed by atoms with Crippen LogP contribution >= 0.6 is 11.3 Å². The summed E-state index contributed by atoms with van der Waals surface area (Å²) in [7, 11) is 0. The normalized spacial score (nSPS) is 15.7. The van der Waals surface area contributed by atoms with Gasteiger partial charge in [-0.15, -0.1) is 0 Å². The van der Waals surface area contributed by atoms with Gasteiger partial charge >= 0.3 is 0 Å². The van der Waals surface area contributed by atoms with E-state index in [1.165, 1.54) is 17.4 Å². The van der Waals surface area contributed by atoms with Crippen molar-refractivity contribution in [2.45, 2.75) is 26.7 Å². The fraction of sp³-hybridized carbons (Fsp3) is 0.294. The number of thiazole rings is 1. The number of anilines is 1. The third-order valence-electron chi connectivity index (χ3n) is 3.87. The molecule has 1 heterocycles. The Morgan fingerprint density at radius 3 is 2.67 bits per heavy atom. The molecule has 0 unspecified atom stereocenters. The zero-order valence-corrected chi connectivity index (χ0v) is 14.2. The highest BCUT2D eigenvalue weighted by molar-refractivity contribution is 7.17. The van der Waals surface area contributed by atoms with Crippen molar-refractivity contribution < 1.29 is 14.4 Å². The number of hydrogen-bond donors (Lipinski definition) is 2. The van der Waals surface area contributed by atoms with Crippen LogP contribution in [0.5, 0.6) is 0 Å². The van der Waals surface area contributed by atoms with Crippen LogP contribution in [0.3, 0.4) is 0 Å². The number of nitrogens with one attached hydrogen (secondary N) is 1. The summed E-state index contributed by atoms with van der Waals surface area (Å²) in [5, 5.41) is 3.08. The molecule has 2 amide bonds. The number of carbonyl (C=O) groups excluding carboxylic acids is 3. The molecular formula is C17H17N3O3S. The van der Waals surface area contributed by atoms with Crippen LogP contribution in [-0.4, -0.2) is 22.6 Å². The van der Waals surface area contributed by atoms with Crippen molar-refractivity contribution in [3.8, 4) is 0 Å². The zero-order chi connectivity index (χ0) is 17.5. The smallest absolute Gasteiger partial charge is 0.257 e. The number of benzene rings is 1. The topological polar surface area (TPSA) is 102 Å². The molecule has 0 bridgehead atoms. The Hall–Kier alpha value is -2.54. The Bertz CT molecular complexity index is 855. The van der Waals surface area contributed by atoms with Crippen LogP contribution in [-0.2, 0) is 6.42 Å². The van der Waals surface area contributed by atoms with E-state index < -0.39 is 11.8 Å².